The molecule has 2 rings (SSSR count). The van der Waals surface area contributed by atoms with E-state index in [1.54, 1.807) is 36.7 Å². The summed E-state index contributed by atoms with van der Waals surface area (Å²) in [4.78, 5) is 3.97. The molecule has 0 radical (unpaired) electrons. The minimum absolute atomic E-state index is 0.0508. The van der Waals surface area contributed by atoms with Crippen molar-refractivity contribution in [3.8, 4) is 6.07 Å². The Hall–Kier alpha value is -2.32. The molecule has 0 aliphatic carbocycles. The highest BCUT2D eigenvalue weighted by molar-refractivity contribution is 5.43. The van der Waals surface area contributed by atoms with Crippen molar-refractivity contribution in [2.24, 2.45) is 0 Å². The second kappa shape index (κ2) is 6.03. The quantitative estimate of drug-likeness (QED) is 0.859. The van der Waals surface area contributed by atoms with Crippen molar-refractivity contribution < 1.29 is 9.52 Å². The van der Waals surface area contributed by atoms with Crippen LogP contribution < -0.4 is 5.32 Å². The predicted molar refractivity (Wildman–Crippen MR) is 70.3 cm³/mol. The van der Waals surface area contributed by atoms with Gasteiger partial charge in [0, 0.05) is 12.5 Å². The number of furan rings is 1. The molecular formula is C14H15N3O2. The molecule has 0 spiro atoms. The van der Waals surface area contributed by atoms with Gasteiger partial charge in [-0.2, -0.15) is 5.26 Å². The number of aliphatic hydroxyl groups is 1. The van der Waals surface area contributed by atoms with E-state index in [-0.39, 0.29) is 6.04 Å². The fraction of sp³-hybridized carbons (Fsp3) is 0.286. The summed E-state index contributed by atoms with van der Waals surface area (Å²) >= 11 is 0. The third kappa shape index (κ3) is 3.57. The molecule has 0 amide bonds. The number of rotatable bonds is 5. The fourth-order valence-electron chi connectivity index (χ4n) is 1.82. The van der Waals surface area contributed by atoms with Crippen molar-refractivity contribution in [2.45, 2.75) is 25.5 Å². The number of nitriles is 1. The molecule has 2 unspecified atom stereocenters. The van der Waals surface area contributed by atoms with Crippen LogP contribution in [0.15, 0.2) is 41.1 Å². The number of nitrogens with zero attached hydrogens (tertiary/aromatic N) is 2. The lowest BCUT2D eigenvalue weighted by atomic mass is 10.1. The zero-order valence-electron chi connectivity index (χ0n) is 10.6. The molecule has 5 nitrogen and oxygen atoms in total. The van der Waals surface area contributed by atoms with Gasteiger partial charge < -0.3 is 14.8 Å². The van der Waals surface area contributed by atoms with Gasteiger partial charge in [-0.05, 0) is 31.2 Å². The van der Waals surface area contributed by atoms with Crippen molar-refractivity contribution in [1.82, 2.24) is 4.98 Å². The first-order valence-electron chi connectivity index (χ1n) is 6.03. The van der Waals surface area contributed by atoms with Crippen LogP contribution in [-0.2, 0) is 0 Å². The average Bonchev–Trinajstić information content (AvgIpc) is 2.93. The lowest BCUT2D eigenvalue weighted by molar-refractivity contribution is 0.136. The van der Waals surface area contributed by atoms with E-state index in [1.807, 2.05) is 13.0 Å². The van der Waals surface area contributed by atoms with Crippen LogP contribution in [-0.4, -0.2) is 16.1 Å². The number of hydrogen-bond acceptors (Lipinski definition) is 5. The summed E-state index contributed by atoms with van der Waals surface area (Å²) < 4.78 is 5.15. The van der Waals surface area contributed by atoms with Gasteiger partial charge in [0.15, 0.2) is 0 Å². The van der Waals surface area contributed by atoms with Gasteiger partial charge in [-0.25, -0.2) is 4.98 Å². The Morgan fingerprint density at radius 3 is 2.89 bits per heavy atom. The van der Waals surface area contributed by atoms with Gasteiger partial charge in [-0.3, -0.25) is 0 Å². The lowest BCUT2D eigenvalue weighted by Crippen LogP contribution is -2.18. The summed E-state index contributed by atoms with van der Waals surface area (Å²) in [5.74, 6) is 0.562. The maximum atomic E-state index is 9.95. The highest BCUT2D eigenvalue weighted by Gasteiger charge is 2.14. The number of aliphatic hydroxyl groups excluding tert-OH is 1. The smallest absolute Gasteiger partial charge is 0.140 e. The van der Waals surface area contributed by atoms with Crippen molar-refractivity contribution >= 4 is 5.69 Å². The topological polar surface area (TPSA) is 82.1 Å². The first kappa shape index (κ1) is 13.1. The normalized spacial score (nSPS) is 13.5. The van der Waals surface area contributed by atoms with Crippen LogP contribution in [0, 0.1) is 11.3 Å². The maximum absolute atomic E-state index is 9.95. The van der Waals surface area contributed by atoms with Gasteiger partial charge in [0.2, 0.25) is 0 Å². The van der Waals surface area contributed by atoms with E-state index in [0.29, 0.717) is 17.9 Å². The summed E-state index contributed by atoms with van der Waals surface area (Å²) in [5, 5.41) is 21.8. The molecule has 98 valence electrons. The third-order valence-corrected chi connectivity index (χ3v) is 2.74. The van der Waals surface area contributed by atoms with Crippen LogP contribution in [0.5, 0.6) is 0 Å². The summed E-state index contributed by atoms with van der Waals surface area (Å²) in [7, 11) is 0. The molecule has 0 aliphatic rings. The Bertz CT molecular complexity index is 543. The highest BCUT2D eigenvalue weighted by Crippen LogP contribution is 2.20. The number of hydrogen-bond donors (Lipinski definition) is 2. The summed E-state index contributed by atoms with van der Waals surface area (Å²) in [5.41, 5.74) is 1.20. The molecule has 0 fully saturated rings. The molecule has 19 heavy (non-hydrogen) atoms. The Kier molecular flexibility index (Phi) is 4.16. The first-order valence-corrected chi connectivity index (χ1v) is 6.03. The zero-order chi connectivity index (χ0) is 13.7. The minimum Gasteiger partial charge on any atom is -0.467 e. The zero-order valence-corrected chi connectivity index (χ0v) is 10.6. The molecule has 2 heterocycles. The highest BCUT2D eigenvalue weighted by atomic mass is 16.4. The Morgan fingerprint density at radius 1 is 1.47 bits per heavy atom. The van der Waals surface area contributed by atoms with E-state index >= 15 is 0 Å². The van der Waals surface area contributed by atoms with E-state index in [1.165, 1.54) is 0 Å². The van der Waals surface area contributed by atoms with Gasteiger partial charge in [-0.15, -0.1) is 0 Å². The van der Waals surface area contributed by atoms with E-state index in [2.05, 4.69) is 10.3 Å². The number of aromatic nitrogens is 1. The molecule has 5 heteroatoms. The van der Waals surface area contributed by atoms with Gasteiger partial charge >= 0.3 is 0 Å². The minimum atomic E-state index is -0.635. The van der Waals surface area contributed by atoms with Crippen LogP contribution in [0.3, 0.4) is 0 Å². The molecule has 2 aromatic rings. The largest absolute Gasteiger partial charge is 0.467 e. The van der Waals surface area contributed by atoms with Crippen LogP contribution in [0.1, 0.15) is 30.9 Å². The van der Waals surface area contributed by atoms with Crippen LogP contribution in [0.25, 0.3) is 0 Å². The van der Waals surface area contributed by atoms with Crippen molar-refractivity contribution in [3.05, 3.63) is 48.2 Å². The Balaban J connectivity index is 1.90. The van der Waals surface area contributed by atoms with E-state index in [4.69, 9.17) is 9.68 Å². The van der Waals surface area contributed by atoms with Crippen molar-refractivity contribution in [2.75, 3.05) is 5.32 Å². The molecule has 0 aromatic carbocycles. The van der Waals surface area contributed by atoms with Gasteiger partial charge in [0.1, 0.15) is 23.6 Å². The van der Waals surface area contributed by atoms with Gasteiger partial charge in [-0.1, -0.05) is 0 Å². The van der Waals surface area contributed by atoms with E-state index < -0.39 is 6.10 Å². The Labute approximate surface area is 111 Å². The molecule has 2 aromatic heterocycles. The maximum Gasteiger partial charge on any atom is 0.140 e. The monoisotopic (exact) mass is 257 g/mol. The second-order valence-corrected chi connectivity index (χ2v) is 4.36. The van der Waals surface area contributed by atoms with Crippen molar-refractivity contribution in [3.63, 3.8) is 0 Å². The van der Waals surface area contributed by atoms with Gasteiger partial charge in [0.05, 0.1) is 18.1 Å². The summed E-state index contributed by atoms with van der Waals surface area (Å²) in [6.45, 7) is 1.96. The lowest BCUT2D eigenvalue weighted by Gasteiger charge is -2.17. The summed E-state index contributed by atoms with van der Waals surface area (Å²) in [6.07, 6.45) is 3.03. The molecule has 0 saturated heterocycles. The Morgan fingerprint density at radius 2 is 2.32 bits per heavy atom. The molecular weight excluding hydrogens is 242 g/mol. The molecule has 0 aliphatic heterocycles. The first-order chi connectivity index (χ1) is 9.19. The second-order valence-electron chi connectivity index (χ2n) is 4.36. The van der Waals surface area contributed by atoms with Crippen molar-refractivity contribution in [1.29, 1.82) is 5.26 Å². The standard InChI is InChI=1S/C14H15N3O2/c1-10(7-13(18)14-3-2-6-19-14)17-12-5-4-11(8-15)16-9-12/h2-6,9-10,13,17-18H,7H2,1H3. The number of anilines is 1. The molecule has 2 atom stereocenters. The molecule has 0 saturated carbocycles. The average molecular weight is 257 g/mol. The third-order valence-electron chi connectivity index (χ3n) is 2.74. The van der Waals surface area contributed by atoms with E-state index in [9.17, 15) is 5.11 Å². The van der Waals surface area contributed by atoms with Gasteiger partial charge in [0.25, 0.3) is 0 Å². The molecule has 2 N–H and O–H groups in total. The molecule has 0 bridgehead atoms. The fourth-order valence-corrected chi connectivity index (χ4v) is 1.82. The number of pyridine rings is 1. The van der Waals surface area contributed by atoms with Crippen LogP contribution in [0.4, 0.5) is 5.69 Å². The summed E-state index contributed by atoms with van der Waals surface area (Å²) in [6, 6.07) is 8.96. The van der Waals surface area contributed by atoms with E-state index in [0.717, 1.165) is 5.69 Å². The number of nitrogens with one attached hydrogen (secondary N) is 1. The SMILES string of the molecule is CC(CC(O)c1ccco1)Nc1ccc(C#N)nc1. The van der Waals surface area contributed by atoms with Crippen LogP contribution >= 0.6 is 0 Å². The predicted octanol–water partition coefficient (Wildman–Crippen LogP) is 2.47. The van der Waals surface area contributed by atoms with Crippen LogP contribution in [0.2, 0.25) is 0 Å².